The summed E-state index contributed by atoms with van der Waals surface area (Å²) in [6, 6.07) is 6.16. The Bertz CT molecular complexity index is 533. The molecule has 1 aliphatic heterocycles. The van der Waals surface area contributed by atoms with Crippen LogP contribution in [0.3, 0.4) is 0 Å². The molecule has 0 atom stereocenters. The maximum atomic E-state index is 11.8. The number of aryl methyl sites for hydroxylation is 1. The fourth-order valence-electron chi connectivity index (χ4n) is 1.85. The molecule has 0 unspecified atom stereocenters. The molecule has 5 heteroatoms. The molecule has 1 aliphatic rings. The van der Waals surface area contributed by atoms with Crippen molar-refractivity contribution in [1.82, 2.24) is 4.31 Å². The van der Waals surface area contributed by atoms with Crippen molar-refractivity contribution in [3.8, 4) is 0 Å². The van der Waals surface area contributed by atoms with Gasteiger partial charge in [-0.1, -0.05) is 32.9 Å². The maximum Gasteiger partial charge on any atom is 0.265 e. The Morgan fingerprint density at radius 3 is 2.30 bits per heavy atom. The van der Waals surface area contributed by atoms with Crippen LogP contribution in [0.5, 0.6) is 0 Å². The van der Waals surface area contributed by atoms with Crippen molar-refractivity contribution in [2.45, 2.75) is 38.0 Å². The first-order valence-electron chi connectivity index (χ1n) is 6.51. The Labute approximate surface area is 123 Å². The molecule has 0 spiro atoms. The molecule has 0 saturated carbocycles. The van der Waals surface area contributed by atoms with E-state index in [9.17, 15) is 9.59 Å². The molecule has 0 aliphatic carbocycles. The molecule has 20 heavy (non-hydrogen) atoms. The smallest absolute Gasteiger partial charge is 0.265 e. The second kappa shape index (κ2) is 5.58. The standard InChI is InChI=1S/C15H19NO3S/c1-10-5-6-11(15(2,3)4)7-12(10)20-16-13(17)8-19-9-14(16)18/h5-7H,8-9H2,1-4H3. The molecule has 1 aromatic rings. The zero-order chi connectivity index (χ0) is 14.9. The highest BCUT2D eigenvalue weighted by Crippen LogP contribution is 2.32. The lowest BCUT2D eigenvalue weighted by Gasteiger charge is -2.25. The first-order valence-corrected chi connectivity index (χ1v) is 7.29. The van der Waals surface area contributed by atoms with Crippen LogP contribution in [-0.4, -0.2) is 29.3 Å². The molecule has 2 rings (SSSR count). The van der Waals surface area contributed by atoms with E-state index in [2.05, 4.69) is 32.9 Å². The Kier molecular flexibility index (Phi) is 4.20. The van der Waals surface area contributed by atoms with E-state index < -0.39 is 0 Å². The largest absolute Gasteiger partial charge is 0.362 e. The van der Waals surface area contributed by atoms with Gasteiger partial charge in [0, 0.05) is 4.90 Å². The van der Waals surface area contributed by atoms with Gasteiger partial charge >= 0.3 is 0 Å². The van der Waals surface area contributed by atoms with Gasteiger partial charge in [-0.25, -0.2) is 4.31 Å². The fraction of sp³-hybridized carbons (Fsp3) is 0.467. The molecule has 108 valence electrons. The molecule has 1 fully saturated rings. The van der Waals surface area contributed by atoms with Crippen LogP contribution in [0, 0.1) is 6.92 Å². The quantitative estimate of drug-likeness (QED) is 0.621. The number of carbonyl (C=O) groups is 2. The number of ether oxygens (including phenoxy) is 1. The van der Waals surface area contributed by atoms with E-state index in [-0.39, 0.29) is 30.4 Å². The maximum absolute atomic E-state index is 11.8. The second-order valence-electron chi connectivity index (χ2n) is 5.90. The molecule has 1 heterocycles. The van der Waals surface area contributed by atoms with Crippen molar-refractivity contribution < 1.29 is 14.3 Å². The minimum atomic E-state index is -0.299. The highest BCUT2D eigenvalue weighted by Gasteiger charge is 2.28. The zero-order valence-corrected chi connectivity index (χ0v) is 13.0. The number of morpholine rings is 1. The van der Waals surface area contributed by atoms with Crippen molar-refractivity contribution in [2.75, 3.05) is 13.2 Å². The van der Waals surface area contributed by atoms with Gasteiger partial charge in [0.25, 0.3) is 11.8 Å². The second-order valence-corrected chi connectivity index (χ2v) is 6.88. The van der Waals surface area contributed by atoms with Crippen LogP contribution in [0.1, 0.15) is 31.9 Å². The van der Waals surface area contributed by atoms with Crippen molar-refractivity contribution in [3.63, 3.8) is 0 Å². The van der Waals surface area contributed by atoms with Crippen LogP contribution in [0.25, 0.3) is 0 Å². The molecule has 0 N–H and O–H groups in total. The molecular formula is C15H19NO3S. The third-order valence-corrected chi connectivity index (χ3v) is 4.37. The molecule has 4 nitrogen and oxygen atoms in total. The lowest BCUT2D eigenvalue weighted by Crippen LogP contribution is -2.41. The molecule has 0 radical (unpaired) electrons. The summed E-state index contributed by atoms with van der Waals surface area (Å²) in [5.74, 6) is -0.598. The van der Waals surface area contributed by atoms with Crippen LogP contribution >= 0.6 is 11.9 Å². The lowest BCUT2D eigenvalue weighted by atomic mass is 9.87. The number of amides is 2. The average molecular weight is 293 g/mol. The Morgan fingerprint density at radius 2 is 1.75 bits per heavy atom. The van der Waals surface area contributed by atoms with E-state index in [1.54, 1.807) is 0 Å². The normalized spacial score (nSPS) is 16.7. The number of carbonyl (C=O) groups excluding carboxylic acids is 2. The number of nitrogens with zero attached hydrogens (tertiary/aromatic N) is 1. The summed E-state index contributed by atoms with van der Waals surface area (Å²) in [6.07, 6.45) is 0. The fourth-order valence-corrected chi connectivity index (χ4v) is 2.74. The average Bonchev–Trinajstić information content (AvgIpc) is 2.34. The molecule has 1 saturated heterocycles. The van der Waals surface area contributed by atoms with Crippen molar-refractivity contribution in [1.29, 1.82) is 0 Å². The Hall–Kier alpha value is -1.33. The predicted molar refractivity (Wildman–Crippen MR) is 78.4 cm³/mol. The van der Waals surface area contributed by atoms with E-state index >= 15 is 0 Å². The van der Waals surface area contributed by atoms with Crippen LogP contribution in [-0.2, 0) is 19.7 Å². The molecular weight excluding hydrogens is 274 g/mol. The van der Waals surface area contributed by atoms with Crippen LogP contribution in [0.2, 0.25) is 0 Å². The summed E-state index contributed by atoms with van der Waals surface area (Å²) in [5.41, 5.74) is 2.26. The first-order chi connectivity index (χ1) is 9.29. The van der Waals surface area contributed by atoms with Gasteiger partial charge in [-0.05, 0) is 41.5 Å². The minimum Gasteiger partial charge on any atom is -0.362 e. The van der Waals surface area contributed by atoms with Crippen LogP contribution < -0.4 is 0 Å². The number of hydrogen-bond acceptors (Lipinski definition) is 4. The minimum absolute atomic E-state index is 0.0298. The van der Waals surface area contributed by atoms with Crippen LogP contribution in [0.4, 0.5) is 0 Å². The monoisotopic (exact) mass is 293 g/mol. The highest BCUT2D eigenvalue weighted by molar-refractivity contribution is 7.98. The summed E-state index contributed by atoms with van der Waals surface area (Å²) in [6.45, 7) is 8.32. The number of imide groups is 1. The Balaban J connectivity index is 2.28. The first kappa shape index (κ1) is 15.1. The summed E-state index contributed by atoms with van der Waals surface area (Å²) in [5, 5.41) is 0. The van der Waals surface area contributed by atoms with Gasteiger partial charge in [0.2, 0.25) is 0 Å². The lowest BCUT2D eigenvalue weighted by molar-refractivity contribution is -0.150. The topological polar surface area (TPSA) is 46.6 Å². The summed E-state index contributed by atoms with van der Waals surface area (Å²) < 4.78 is 6.12. The zero-order valence-electron chi connectivity index (χ0n) is 12.2. The van der Waals surface area contributed by atoms with E-state index in [4.69, 9.17) is 4.74 Å². The number of rotatable bonds is 2. The van der Waals surface area contributed by atoms with Gasteiger partial charge in [-0.3, -0.25) is 9.59 Å². The SMILES string of the molecule is Cc1ccc(C(C)(C)C)cc1SN1C(=O)COCC1=O. The molecule has 0 aromatic heterocycles. The van der Waals surface area contributed by atoms with E-state index in [0.717, 1.165) is 10.5 Å². The number of hydrogen-bond donors (Lipinski definition) is 0. The predicted octanol–water partition coefficient (Wildman–Crippen LogP) is 2.69. The van der Waals surface area contributed by atoms with Crippen molar-refractivity contribution in [2.24, 2.45) is 0 Å². The highest BCUT2D eigenvalue weighted by atomic mass is 32.2. The van der Waals surface area contributed by atoms with Gasteiger partial charge in [0.15, 0.2) is 0 Å². The molecule has 2 amide bonds. The van der Waals surface area contributed by atoms with Gasteiger partial charge in [0.05, 0.1) is 0 Å². The van der Waals surface area contributed by atoms with Crippen molar-refractivity contribution in [3.05, 3.63) is 29.3 Å². The van der Waals surface area contributed by atoms with Crippen molar-refractivity contribution >= 4 is 23.8 Å². The van der Waals surface area contributed by atoms with Gasteiger partial charge < -0.3 is 4.74 Å². The van der Waals surface area contributed by atoms with E-state index in [0.29, 0.717) is 0 Å². The summed E-state index contributed by atoms with van der Waals surface area (Å²) in [4.78, 5) is 24.5. The summed E-state index contributed by atoms with van der Waals surface area (Å²) >= 11 is 1.19. The third kappa shape index (κ3) is 3.22. The number of benzene rings is 1. The van der Waals surface area contributed by atoms with E-state index in [1.807, 2.05) is 13.0 Å². The summed E-state index contributed by atoms with van der Waals surface area (Å²) in [7, 11) is 0. The Morgan fingerprint density at radius 1 is 1.15 bits per heavy atom. The molecule has 0 bridgehead atoms. The van der Waals surface area contributed by atoms with E-state index in [1.165, 1.54) is 21.8 Å². The third-order valence-electron chi connectivity index (χ3n) is 3.15. The van der Waals surface area contributed by atoms with Gasteiger partial charge in [-0.15, -0.1) is 0 Å². The molecule has 1 aromatic carbocycles. The van der Waals surface area contributed by atoms with Gasteiger partial charge in [-0.2, -0.15) is 0 Å². The van der Waals surface area contributed by atoms with Crippen LogP contribution in [0.15, 0.2) is 23.1 Å². The van der Waals surface area contributed by atoms with Gasteiger partial charge in [0.1, 0.15) is 13.2 Å².